The number of aromatic nitrogens is 1. The lowest BCUT2D eigenvalue weighted by Crippen LogP contribution is -2.00. The number of para-hydroxylation sites is 1. The number of aliphatic hydroxyl groups excluding tert-OH is 1. The fourth-order valence-electron chi connectivity index (χ4n) is 1.76. The second kappa shape index (κ2) is 5.85. The van der Waals surface area contributed by atoms with Gasteiger partial charge in [-0.2, -0.15) is 5.26 Å². The van der Waals surface area contributed by atoms with Crippen LogP contribution in [-0.4, -0.2) is 21.9 Å². The molecule has 4 heteroatoms. The second-order valence-electron chi connectivity index (χ2n) is 4.07. The molecule has 2 rings (SSSR count). The molecule has 0 fully saturated rings. The Hall–Kier alpha value is -1.57. The molecule has 0 aliphatic rings. The monoisotopic (exact) mass is 258 g/mol. The van der Waals surface area contributed by atoms with Gasteiger partial charge in [0.15, 0.2) is 0 Å². The van der Waals surface area contributed by atoms with Crippen LogP contribution in [-0.2, 0) is 0 Å². The molecule has 1 heterocycles. The minimum absolute atomic E-state index is 0.166. The third kappa shape index (κ3) is 2.63. The van der Waals surface area contributed by atoms with Crippen molar-refractivity contribution in [1.82, 2.24) is 4.98 Å². The summed E-state index contributed by atoms with van der Waals surface area (Å²) in [6.45, 7) is 2.22. The average molecular weight is 258 g/mol. The first-order valence-corrected chi connectivity index (χ1v) is 6.69. The fraction of sp³-hybridized carbons (Fsp3) is 0.286. The number of pyridine rings is 1. The summed E-state index contributed by atoms with van der Waals surface area (Å²) in [6.07, 6.45) is 2.34. The molecule has 0 aliphatic heterocycles. The smallest absolute Gasteiger partial charge is 0.102 e. The Balaban J connectivity index is 2.48. The third-order valence-corrected chi connectivity index (χ3v) is 4.01. The molecular weight excluding hydrogens is 244 g/mol. The summed E-state index contributed by atoms with van der Waals surface area (Å²) in [6, 6.07) is 10.0. The van der Waals surface area contributed by atoms with Gasteiger partial charge in [-0.15, -0.1) is 11.8 Å². The van der Waals surface area contributed by atoms with Gasteiger partial charge >= 0.3 is 0 Å². The van der Waals surface area contributed by atoms with Gasteiger partial charge in [0.1, 0.15) is 6.07 Å². The van der Waals surface area contributed by atoms with E-state index in [1.165, 1.54) is 0 Å². The van der Waals surface area contributed by atoms with E-state index in [9.17, 15) is 0 Å². The van der Waals surface area contributed by atoms with Gasteiger partial charge < -0.3 is 5.11 Å². The molecule has 0 amide bonds. The minimum Gasteiger partial charge on any atom is -0.396 e. The Morgan fingerprint density at radius 2 is 2.22 bits per heavy atom. The molecule has 0 bridgehead atoms. The van der Waals surface area contributed by atoms with Crippen LogP contribution in [0.15, 0.2) is 35.4 Å². The molecule has 1 unspecified atom stereocenters. The zero-order valence-electron chi connectivity index (χ0n) is 10.1. The lowest BCUT2D eigenvalue weighted by molar-refractivity contribution is 0.289. The van der Waals surface area contributed by atoms with Gasteiger partial charge in [-0.1, -0.05) is 25.1 Å². The standard InChI is InChI=1S/C14H14N2OS/c1-10(6-7-17)18-14-11(8-15)9-16-13-5-3-2-4-12(13)14/h2-5,9-10,17H,6-7H2,1H3. The van der Waals surface area contributed by atoms with Gasteiger partial charge in [0.05, 0.1) is 11.1 Å². The predicted octanol–water partition coefficient (Wildman–Crippen LogP) is 2.97. The number of hydrogen-bond acceptors (Lipinski definition) is 4. The summed E-state index contributed by atoms with van der Waals surface area (Å²) in [4.78, 5) is 5.24. The second-order valence-corrected chi connectivity index (χ2v) is 5.52. The molecule has 18 heavy (non-hydrogen) atoms. The molecule has 0 spiro atoms. The highest BCUT2D eigenvalue weighted by molar-refractivity contribution is 8.00. The first-order valence-electron chi connectivity index (χ1n) is 5.81. The van der Waals surface area contributed by atoms with E-state index in [2.05, 4.69) is 18.0 Å². The van der Waals surface area contributed by atoms with Gasteiger partial charge in [0, 0.05) is 28.3 Å². The van der Waals surface area contributed by atoms with Crippen molar-refractivity contribution in [3.63, 3.8) is 0 Å². The molecule has 1 aromatic heterocycles. The summed E-state index contributed by atoms with van der Waals surface area (Å²) >= 11 is 1.63. The van der Waals surface area contributed by atoms with E-state index < -0.39 is 0 Å². The predicted molar refractivity (Wildman–Crippen MR) is 73.5 cm³/mol. The number of thioether (sulfide) groups is 1. The SMILES string of the molecule is CC(CCO)Sc1c(C#N)cnc2ccccc12. The number of benzene rings is 1. The van der Waals surface area contributed by atoms with Crippen molar-refractivity contribution in [1.29, 1.82) is 5.26 Å². The first-order chi connectivity index (χ1) is 8.76. The Morgan fingerprint density at radius 1 is 1.44 bits per heavy atom. The van der Waals surface area contributed by atoms with Crippen molar-refractivity contribution < 1.29 is 5.11 Å². The molecule has 1 atom stereocenters. The van der Waals surface area contributed by atoms with Gasteiger partial charge in [-0.25, -0.2) is 0 Å². The average Bonchev–Trinajstić information content (AvgIpc) is 2.39. The van der Waals surface area contributed by atoms with Gasteiger partial charge in [0.2, 0.25) is 0 Å². The van der Waals surface area contributed by atoms with E-state index in [4.69, 9.17) is 10.4 Å². The van der Waals surface area contributed by atoms with Gasteiger partial charge in [-0.05, 0) is 12.5 Å². The van der Waals surface area contributed by atoms with Crippen molar-refractivity contribution in [2.45, 2.75) is 23.5 Å². The van der Waals surface area contributed by atoms with E-state index in [0.29, 0.717) is 12.0 Å². The number of rotatable bonds is 4. The summed E-state index contributed by atoms with van der Waals surface area (Å²) in [5.74, 6) is 0. The summed E-state index contributed by atoms with van der Waals surface area (Å²) in [5.41, 5.74) is 1.50. The molecule has 0 radical (unpaired) electrons. The first kappa shape index (κ1) is 12.9. The maximum absolute atomic E-state index is 9.17. The number of nitrogens with zero attached hydrogens (tertiary/aromatic N) is 2. The Labute approximate surface area is 110 Å². The molecule has 2 aromatic rings. The van der Waals surface area contributed by atoms with Crippen LogP contribution >= 0.6 is 11.8 Å². The van der Waals surface area contributed by atoms with Crippen LogP contribution in [0.5, 0.6) is 0 Å². The highest BCUT2D eigenvalue weighted by Crippen LogP contribution is 2.33. The van der Waals surface area contributed by atoms with Crippen LogP contribution in [0, 0.1) is 11.3 Å². The zero-order valence-corrected chi connectivity index (χ0v) is 10.9. The molecule has 1 aromatic carbocycles. The third-order valence-electron chi connectivity index (χ3n) is 2.70. The highest BCUT2D eigenvalue weighted by Gasteiger charge is 2.12. The number of aliphatic hydroxyl groups is 1. The number of nitriles is 1. The zero-order chi connectivity index (χ0) is 13.0. The molecule has 1 N–H and O–H groups in total. The van der Waals surface area contributed by atoms with Crippen LogP contribution in [0.25, 0.3) is 10.9 Å². The quantitative estimate of drug-likeness (QED) is 0.857. The van der Waals surface area contributed by atoms with Crippen LogP contribution in [0.2, 0.25) is 0 Å². The lowest BCUT2D eigenvalue weighted by Gasteiger charge is -2.12. The fourth-order valence-corrected chi connectivity index (χ4v) is 2.92. The maximum Gasteiger partial charge on any atom is 0.102 e. The van der Waals surface area contributed by atoms with Crippen molar-refractivity contribution in [2.75, 3.05) is 6.61 Å². The molecule has 0 saturated heterocycles. The summed E-state index contributed by atoms with van der Waals surface area (Å²) in [7, 11) is 0. The molecule has 0 aliphatic carbocycles. The van der Waals surface area contributed by atoms with E-state index in [0.717, 1.165) is 15.8 Å². The van der Waals surface area contributed by atoms with E-state index >= 15 is 0 Å². The van der Waals surface area contributed by atoms with E-state index in [1.807, 2.05) is 24.3 Å². The largest absolute Gasteiger partial charge is 0.396 e. The number of fused-ring (bicyclic) bond motifs is 1. The Kier molecular flexibility index (Phi) is 4.19. The van der Waals surface area contributed by atoms with Crippen LogP contribution in [0.1, 0.15) is 18.9 Å². The molecule has 3 nitrogen and oxygen atoms in total. The summed E-state index contributed by atoms with van der Waals surface area (Å²) in [5, 5.41) is 19.4. The highest BCUT2D eigenvalue weighted by atomic mass is 32.2. The Morgan fingerprint density at radius 3 is 2.94 bits per heavy atom. The normalized spacial score (nSPS) is 12.3. The van der Waals surface area contributed by atoms with Crippen molar-refractivity contribution in [2.24, 2.45) is 0 Å². The number of hydrogen-bond donors (Lipinski definition) is 1. The Bertz CT molecular complexity index is 592. The molecular formula is C14H14N2OS. The van der Waals surface area contributed by atoms with Crippen LogP contribution < -0.4 is 0 Å². The van der Waals surface area contributed by atoms with Gasteiger partial charge in [0.25, 0.3) is 0 Å². The minimum atomic E-state index is 0.166. The van der Waals surface area contributed by atoms with Crippen molar-refractivity contribution >= 4 is 22.7 Å². The van der Waals surface area contributed by atoms with Crippen LogP contribution in [0.4, 0.5) is 0 Å². The van der Waals surface area contributed by atoms with Crippen molar-refractivity contribution in [3.8, 4) is 6.07 Å². The topological polar surface area (TPSA) is 56.9 Å². The lowest BCUT2D eigenvalue weighted by atomic mass is 10.2. The van der Waals surface area contributed by atoms with Crippen molar-refractivity contribution in [3.05, 3.63) is 36.0 Å². The van der Waals surface area contributed by atoms with E-state index in [-0.39, 0.29) is 11.9 Å². The summed E-state index contributed by atoms with van der Waals surface area (Å²) < 4.78 is 0. The molecule has 92 valence electrons. The van der Waals surface area contributed by atoms with Crippen LogP contribution in [0.3, 0.4) is 0 Å². The van der Waals surface area contributed by atoms with Gasteiger partial charge in [-0.3, -0.25) is 4.98 Å². The molecule has 0 saturated carbocycles. The maximum atomic E-state index is 9.17. The van der Waals surface area contributed by atoms with E-state index in [1.54, 1.807) is 18.0 Å².